The first-order valence-electron chi connectivity index (χ1n) is 6.41. The number of Topliss-reactive ketones (excluding diaryl/α,β-unsaturated/α-hetero) is 1. The summed E-state index contributed by atoms with van der Waals surface area (Å²) in [6.07, 6.45) is 6.58. The van der Waals surface area contributed by atoms with Gasteiger partial charge in [0, 0.05) is 19.0 Å². The van der Waals surface area contributed by atoms with Gasteiger partial charge < -0.3 is 0 Å². The molecule has 1 aliphatic rings. The van der Waals surface area contributed by atoms with Gasteiger partial charge in [0.05, 0.1) is 21.0 Å². The van der Waals surface area contributed by atoms with E-state index in [0.29, 0.717) is 6.42 Å². The quantitative estimate of drug-likeness (QED) is 0.641. The predicted octanol–water partition coefficient (Wildman–Crippen LogP) is 3.56. The van der Waals surface area contributed by atoms with Crippen molar-refractivity contribution in [3.63, 3.8) is 0 Å². The maximum absolute atomic E-state index is 12.1. The second-order valence-corrected chi connectivity index (χ2v) is 6.79. The van der Waals surface area contributed by atoms with Crippen LogP contribution in [0.4, 0.5) is 0 Å². The van der Waals surface area contributed by atoms with Gasteiger partial charge >= 0.3 is 0 Å². The summed E-state index contributed by atoms with van der Waals surface area (Å²) in [6, 6.07) is 0. The van der Waals surface area contributed by atoms with Gasteiger partial charge in [0.2, 0.25) is 0 Å². The Balaban J connectivity index is 2.27. The third kappa shape index (κ3) is 1.87. The number of fused-ring (bicyclic) bond motifs is 3. The Morgan fingerprint density at radius 1 is 1.53 bits per heavy atom. The van der Waals surface area contributed by atoms with E-state index in [9.17, 15) is 4.79 Å². The van der Waals surface area contributed by atoms with Crippen LogP contribution in [-0.4, -0.2) is 21.8 Å². The van der Waals surface area contributed by atoms with Gasteiger partial charge in [-0.25, -0.2) is 0 Å². The topological polar surface area (TPSA) is 34.9 Å². The molecule has 0 N–H and O–H groups in total. The molecule has 0 radical (unpaired) electrons. The van der Waals surface area contributed by atoms with Gasteiger partial charge in [-0.15, -0.1) is 23.1 Å². The number of aryl methyl sites for hydroxylation is 2. The minimum absolute atomic E-state index is 0.271. The molecule has 0 atom stereocenters. The number of carbonyl (C=O) groups is 1. The largest absolute Gasteiger partial charge is 0.293 e. The highest BCUT2D eigenvalue weighted by atomic mass is 32.2. The Hall–Kier alpha value is -1.07. The van der Waals surface area contributed by atoms with E-state index in [1.165, 1.54) is 26.6 Å². The summed E-state index contributed by atoms with van der Waals surface area (Å²) in [5.74, 6) is 0.271. The number of thiophene rings is 1. The zero-order chi connectivity index (χ0) is 13.6. The second kappa shape index (κ2) is 4.80. The summed E-state index contributed by atoms with van der Waals surface area (Å²) in [5, 5.41) is 4.37. The van der Waals surface area contributed by atoms with Crippen LogP contribution < -0.4 is 0 Å². The van der Waals surface area contributed by atoms with Crippen molar-refractivity contribution >= 4 is 28.9 Å². The highest BCUT2D eigenvalue weighted by Gasteiger charge is 2.29. The lowest BCUT2D eigenvalue weighted by atomic mass is 9.91. The lowest BCUT2D eigenvalue weighted by molar-refractivity contribution is 0.0991. The molecule has 5 heteroatoms. The third-order valence-corrected chi connectivity index (χ3v) is 6.02. The normalized spacial score (nSPS) is 13.2. The summed E-state index contributed by atoms with van der Waals surface area (Å²) in [5.41, 5.74) is 5.02. The van der Waals surface area contributed by atoms with Crippen LogP contribution in [0.25, 0.3) is 11.3 Å². The van der Waals surface area contributed by atoms with Gasteiger partial charge in [-0.1, -0.05) is 6.92 Å². The van der Waals surface area contributed by atoms with E-state index < -0.39 is 0 Å². The van der Waals surface area contributed by atoms with Crippen LogP contribution in [0.1, 0.15) is 34.1 Å². The van der Waals surface area contributed by atoms with Crippen molar-refractivity contribution in [2.75, 3.05) is 6.26 Å². The van der Waals surface area contributed by atoms with E-state index in [0.717, 1.165) is 17.7 Å². The van der Waals surface area contributed by atoms with Crippen molar-refractivity contribution in [1.29, 1.82) is 0 Å². The molecule has 0 fully saturated rings. The van der Waals surface area contributed by atoms with E-state index in [-0.39, 0.29) is 5.78 Å². The average Bonchev–Trinajstić information content (AvgIpc) is 2.98. The smallest absolute Gasteiger partial charge is 0.172 e. The van der Waals surface area contributed by atoms with E-state index in [1.807, 2.05) is 24.9 Å². The fraction of sp³-hybridized carbons (Fsp3) is 0.429. The summed E-state index contributed by atoms with van der Waals surface area (Å²) in [4.78, 5) is 13.1. The Labute approximate surface area is 121 Å². The van der Waals surface area contributed by atoms with Crippen LogP contribution in [0.2, 0.25) is 0 Å². The molecule has 0 amide bonds. The molecule has 19 heavy (non-hydrogen) atoms. The van der Waals surface area contributed by atoms with Crippen molar-refractivity contribution in [2.24, 2.45) is 7.05 Å². The maximum atomic E-state index is 12.1. The van der Waals surface area contributed by atoms with Crippen molar-refractivity contribution in [1.82, 2.24) is 9.78 Å². The zero-order valence-corrected chi connectivity index (χ0v) is 13.0. The molecule has 0 unspecified atom stereocenters. The SMILES string of the molecule is CCC(=O)c1sc(SC)c2c1CCc1cnn(C)c1-2. The Morgan fingerprint density at radius 2 is 2.32 bits per heavy atom. The van der Waals surface area contributed by atoms with Gasteiger partial charge in [-0.05, 0) is 30.2 Å². The summed E-state index contributed by atoms with van der Waals surface area (Å²) in [7, 11) is 1.98. The first kappa shape index (κ1) is 12.9. The van der Waals surface area contributed by atoms with Gasteiger partial charge in [-0.3, -0.25) is 9.48 Å². The number of carbonyl (C=O) groups excluding carboxylic acids is 1. The molecule has 0 aliphatic heterocycles. The molecule has 0 bridgehead atoms. The van der Waals surface area contributed by atoms with Crippen LogP contribution in [-0.2, 0) is 19.9 Å². The molecule has 1 aliphatic carbocycles. The van der Waals surface area contributed by atoms with Crippen LogP contribution >= 0.6 is 23.1 Å². The molecule has 2 heterocycles. The van der Waals surface area contributed by atoms with E-state index in [1.54, 1.807) is 23.1 Å². The van der Waals surface area contributed by atoms with Crippen molar-refractivity contribution in [3.8, 4) is 11.3 Å². The number of ketones is 1. The standard InChI is InChI=1S/C14H16N2OS2/c1-4-10(17)13-9-6-5-8-7-15-16(2)12(8)11(9)14(18-3)19-13/h7H,4-6H2,1-3H3. The predicted molar refractivity (Wildman–Crippen MR) is 80.3 cm³/mol. The monoisotopic (exact) mass is 292 g/mol. The number of aromatic nitrogens is 2. The number of thioether (sulfide) groups is 1. The first-order valence-corrected chi connectivity index (χ1v) is 8.45. The zero-order valence-electron chi connectivity index (χ0n) is 11.3. The summed E-state index contributed by atoms with van der Waals surface area (Å²) >= 11 is 3.39. The number of rotatable bonds is 3. The maximum Gasteiger partial charge on any atom is 0.172 e. The van der Waals surface area contributed by atoms with Gasteiger partial charge in [0.25, 0.3) is 0 Å². The van der Waals surface area contributed by atoms with E-state index in [4.69, 9.17) is 0 Å². The number of hydrogen-bond acceptors (Lipinski definition) is 4. The van der Waals surface area contributed by atoms with Crippen molar-refractivity contribution < 1.29 is 4.79 Å². The third-order valence-electron chi connectivity index (χ3n) is 3.63. The van der Waals surface area contributed by atoms with E-state index in [2.05, 4.69) is 11.4 Å². The fourth-order valence-electron chi connectivity index (χ4n) is 2.70. The van der Waals surface area contributed by atoms with Gasteiger partial charge in [-0.2, -0.15) is 5.10 Å². The van der Waals surface area contributed by atoms with Gasteiger partial charge in [0.1, 0.15) is 0 Å². The number of nitrogens with zero attached hydrogens (tertiary/aromatic N) is 2. The van der Waals surface area contributed by atoms with Crippen molar-refractivity contribution in [2.45, 2.75) is 30.4 Å². The molecule has 3 rings (SSSR count). The molecular weight excluding hydrogens is 276 g/mol. The molecule has 0 saturated carbocycles. The summed E-state index contributed by atoms with van der Waals surface area (Å²) < 4.78 is 3.19. The lowest BCUT2D eigenvalue weighted by Gasteiger charge is -2.15. The van der Waals surface area contributed by atoms with Crippen LogP contribution in [0.15, 0.2) is 10.4 Å². The van der Waals surface area contributed by atoms with Crippen LogP contribution in [0.5, 0.6) is 0 Å². The summed E-state index contributed by atoms with van der Waals surface area (Å²) in [6.45, 7) is 1.94. The first-order chi connectivity index (χ1) is 9.17. The molecule has 0 aromatic carbocycles. The number of hydrogen-bond donors (Lipinski definition) is 0. The molecule has 0 saturated heterocycles. The highest BCUT2D eigenvalue weighted by molar-refractivity contribution is 8.00. The average molecular weight is 292 g/mol. The fourth-order valence-corrected chi connectivity index (χ4v) is 4.80. The second-order valence-electron chi connectivity index (χ2n) is 4.70. The Morgan fingerprint density at radius 3 is 3.00 bits per heavy atom. The Kier molecular flexibility index (Phi) is 3.27. The minimum atomic E-state index is 0.271. The van der Waals surface area contributed by atoms with Crippen LogP contribution in [0.3, 0.4) is 0 Å². The molecule has 2 aromatic rings. The molecule has 100 valence electrons. The van der Waals surface area contributed by atoms with E-state index >= 15 is 0 Å². The minimum Gasteiger partial charge on any atom is -0.293 e. The van der Waals surface area contributed by atoms with Gasteiger partial charge in [0.15, 0.2) is 5.78 Å². The molecule has 0 spiro atoms. The lowest BCUT2D eigenvalue weighted by Crippen LogP contribution is -2.07. The molecule has 3 nitrogen and oxygen atoms in total. The molecule has 2 aromatic heterocycles. The van der Waals surface area contributed by atoms with Crippen LogP contribution in [0, 0.1) is 0 Å². The highest BCUT2D eigenvalue weighted by Crippen LogP contribution is 2.46. The van der Waals surface area contributed by atoms with Crippen molar-refractivity contribution in [3.05, 3.63) is 22.2 Å². The molecular formula is C14H16N2OS2. The Bertz CT molecular complexity index is 655.